The van der Waals surface area contributed by atoms with Crippen LogP contribution in [0.15, 0.2) is 38.2 Å². The Morgan fingerprint density at radius 3 is 2.68 bits per heavy atom. The van der Waals surface area contributed by atoms with Gasteiger partial charge in [-0.05, 0) is 37.1 Å². The third kappa shape index (κ3) is 4.21. The van der Waals surface area contributed by atoms with E-state index in [2.05, 4.69) is 31.4 Å². The molecule has 1 aliphatic heterocycles. The van der Waals surface area contributed by atoms with Gasteiger partial charge in [0.25, 0.3) is 0 Å². The van der Waals surface area contributed by atoms with E-state index in [1.54, 1.807) is 24.3 Å². The Kier molecular flexibility index (Phi) is 5.45. The molecule has 2 aromatic rings. The van der Waals surface area contributed by atoms with Crippen LogP contribution in [0.2, 0.25) is 0 Å². The van der Waals surface area contributed by atoms with E-state index in [0.29, 0.717) is 29.8 Å². The van der Waals surface area contributed by atoms with Gasteiger partial charge in [0.05, 0.1) is 4.90 Å². The molecule has 1 N–H and O–H groups in total. The molecule has 1 aromatic carbocycles. The number of rotatable bonds is 5. The first-order chi connectivity index (χ1) is 11.9. The lowest BCUT2D eigenvalue weighted by atomic mass is 10.1. The van der Waals surface area contributed by atoms with Gasteiger partial charge in [0.2, 0.25) is 10.0 Å². The van der Waals surface area contributed by atoms with E-state index >= 15 is 0 Å². The van der Waals surface area contributed by atoms with Crippen LogP contribution in [0.25, 0.3) is 0 Å². The smallest absolute Gasteiger partial charge is 0.321 e. The molecule has 3 rings (SSSR count). The van der Waals surface area contributed by atoms with Gasteiger partial charge in [-0.25, -0.2) is 8.42 Å². The van der Waals surface area contributed by atoms with Crippen molar-refractivity contribution in [1.29, 1.82) is 0 Å². The van der Waals surface area contributed by atoms with Crippen molar-refractivity contribution in [2.24, 2.45) is 0 Å². The summed E-state index contributed by atoms with van der Waals surface area (Å²) in [6.07, 6.45) is 1.63. The molecule has 1 fully saturated rings. The first kappa shape index (κ1) is 18.3. The molecule has 0 radical (unpaired) electrons. The highest BCUT2D eigenvalue weighted by atomic mass is 79.9. The van der Waals surface area contributed by atoms with Gasteiger partial charge in [0, 0.05) is 29.5 Å². The summed E-state index contributed by atoms with van der Waals surface area (Å²) in [4.78, 5) is 4.60. The molecule has 7 nitrogen and oxygen atoms in total. The normalized spacial score (nSPS) is 19.3. The molecule has 0 bridgehead atoms. The predicted octanol–water partition coefficient (Wildman–Crippen LogP) is 3.22. The number of nitrogens with one attached hydrogen (secondary N) is 1. The molecule has 1 atom stereocenters. The van der Waals surface area contributed by atoms with E-state index in [1.807, 2.05) is 13.8 Å². The molecule has 2 heterocycles. The lowest BCUT2D eigenvalue weighted by Crippen LogP contribution is -2.45. The minimum atomic E-state index is -3.51. The highest BCUT2D eigenvalue weighted by molar-refractivity contribution is 9.10. The van der Waals surface area contributed by atoms with E-state index in [9.17, 15) is 8.42 Å². The SMILES string of the molecule is CC(C)c1noc(NC2CCCN(S(=O)(=O)c3ccc(Br)cc3)C2)n1. The van der Waals surface area contributed by atoms with E-state index in [1.165, 1.54) is 4.31 Å². The zero-order valence-corrected chi connectivity index (χ0v) is 16.5. The van der Waals surface area contributed by atoms with Crippen LogP contribution in [-0.4, -0.2) is 42.0 Å². The van der Waals surface area contributed by atoms with Crippen molar-refractivity contribution in [3.8, 4) is 0 Å². The third-order valence-corrected chi connectivity index (χ3v) is 6.53. The molecule has 0 spiro atoms. The number of sulfonamides is 1. The van der Waals surface area contributed by atoms with Gasteiger partial charge < -0.3 is 9.84 Å². The van der Waals surface area contributed by atoms with Crippen molar-refractivity contribution < 1.29 is 12.9 Å². The Labute approximate surface area is 156 Å². The lowest BCUT2D eigenvalue weighted by molar-refractivity contribution is 0.320. The fourth-order valence-electron chi connectivity index (χ4n) is 2.74. The van der Waals surface area contributed by atoms with Crippen LogP contribution < -0.4 is 5.32 Å². The summed E-state index contributed by atoms with van der Waals surface area (Å²) in [6.45, 7) is 4.86. The summed E-state index contributed by atoms with van der Waals surface area (Å²) in [5, 5.41) is 7.08. The van der Waals surface area contributed by atoms with Crippen molar-refractivity contribution >= 4 is 32.0 Å². The summed E-state index contributed by atoms with van der Waals surface area (Å²) >= 11 is 3.33. The number of anilines is 1. The van der Waals surface area contributed by atoms with Gasteiger partial charge in [-0.2, -0.15) is 9.29 Å². The van der Waals surface area contributed by atoms with Gasteiger partial charge in [0.15, 0.2) is 5.82 Å². The van der Waals surface area contributed by atoms with Crippen LogP contribution in [-0.2, 0) is 10.0 Å². The van der Waals surface area contributed by atoms with Gasteiger partial charge in [-0.1, -0.05) is 34.9 Å². The fraction of sp³-hybridized carbons (Fsp3) is 0.500. The second-order valence-electron chi connectivity index (χ2n) is 6.41. The predicted molar refractivity (Wildman–Crippen MR) is 97.9 cm³/mol. The molecule has 1 aliphatic rings. The van der Waals surface area contributed by atoms with Gasteiger partial charge in [0.1, 0.15) is 0 Å². The zero-order chi connectivity index (χ0) is 18.0. The summed E-state index contributed by atoms with van der Waals surface area (Å²) in [7, 11) is -3.51. The van der Waals surface area contributed by atoms with Gasteiger partial charge in [-0.15, -0.1) is 0 Å². The maximum atomic E-state index is 12.8. The largest absolute Gasteiger partial charge is 0.334 e. The Balaban J connectivity index is 1.70. The van der Waals surface area contributed by atoms with E-state index in [-0.39, 0.29) is 12.0 Å². The number of halogens is 1. The van der Waals surface area contributed by atoms with Gasteiger partial charge >= 0.3 is 6.01 Å². The number of hydrogen-bond donors (Lipinski definition) is 1. The third-order valence-electron chi connectivity index (χ3n) is 4.12. The van der Waals surface area contributed by atoms with E-state index < -0.39 is 10.0 Å². The molecule has 1 aromatic heterocycles. The first-order valence-electron chi connectivity index (χ1n) is 8.22. The van der Waals surface area contributed by atoms with Crippen molar-refractivity contribution in [1.82, 2.24) is 14.4 Å². The highest BCUT2D eigenvalue weighted by Gasteiger charge is 2.31. The number of nitrogens with zero attached hydrogens (tertiary/aromatic N) is 3. The molecule has 0 aliphatic carbocycles. The van der Waals surface area contributed by atoms with Gasteiger partial charge in [-0.3, -0.25) is 0 Å². The monoisotopic (exact) mass is 428 g/mol. The lowest BCUT2D eigenvalue weighted by Gasteiger charge is -2.31. The topological polar surface area (TPSA) is 88.3 Å². The summed E-state index contributed by atoms with van der Waals surface area (Å²) in [5.41, 5.74) is 0. The zero-order valence-electron chi connectivity index (χ0n) is 14.1. The molecular formula is C16H21BrN4O3S. The van der Waals surface area contributed by atoms with E-state index in [4.69, 9.17) is 4.52 Å². The molecule has 0 amide bonds. The minimum Gasteiger partial charge on any atom is -0.334 e. The molecule has 25 heavy (non-hydrogen) atoms. The molecule has 9 heteroatoms. The fourth-order valence-corrected chi connectivity index (χ4v) is 4.52. The average molecular weight is 429 g/mol. The van der Waals surface area contributed by atoms with E-state index in [0.717, 1.165) is 17.3 Å². The summed E-state index contributed by atoms with van der Waals surface area (Å²) in [5.74, 6) is 0.817. The highest BCUT2D eigenvalue weighted by Crippen LogP contribution is 2.24. The summed E-state index contributed by atoms with van der Waals surface area (Å²) < 4.78 is 33.2. The Morgan fingerprint density at radius 1 is 1.32 bits per heavy atom. The number of hydrogen-bond acceptors (Lipinski definition) is 6. The van der Waals surface area contributed by atoms with Crippen LogP contribution in [0, 0.1) is 0 Å². The van der Waals surface area contributed by atoms with Crippen LogP contribution in [0.3, 0.4) is 0 Å². The van der Waals surface area contributed by atoms with Crippen molar-refractivity contribution in [3.63, 3.8) is 0 Å². The maximum Gasteiger partial charge on any atom is 0.321 e. The van der Waals surface area contributed by atoms with Crippen LogP contribution in [0.4, 0.5) is 6.01 Å². The standard InChI is InChI=1S/C16H21BrN4O3S/c1-11(2)15-19-16(24-20-15)18-13-4-3-9-21(10-13)25(22,23)14-7-5-12(17)6-8-14/h5-8,11,13H,3-4,9-10H2,1-2H3,(H,18,19,20). The van der Waals surface area contributed by atoms with Crippen LogP contribution >= 0.6 is 15.9 Å². The van der Waals surface area contributed by atoms with Crippen LogP contribution in [0.5, 0.6) is 0 Å². The average Bonchev–Trinajstić information content (AvgIpc) is 3.04. The van der Waals surface area contributed by atoms with Crippen molar-refractivity contribution in [2.45, 2.75) is 43.5 Å². The molecule has 0 saturated carbocycles. The second-order valence-corrected chi connectivity index (χ2v) is 9.27. The second kappa shape index (κ2) is 7.43. The summed E-state index contributed by atoms with van der Waals surface area (Å²) in [6, 6.07) is 6.99. The number of aromatic nitrogens is 2. The Bertz CT molecular complexity index is 820. The number of piperidine rings is 1. The molecular weight excluding hydrogens is 408 g/mol. The Morgan fingerprint density at radius 2 is 2.04 bits per heavy atom. The first-order valence-corrected chi connectivity index (χ1v) is 10.5. The minimum absolute atomic E-state index is 0.0561. The number of benzene rings is 1. The molecule has 1 saturated heterocycles. The van der Waals surface area contributed by atoms with Crippen LogP contribution in [0.1, 0.15) is 38.4 Å². The quantitative estimate of drug-likeness (QED) is 0.785. The van der Waals surface area contributed by atoms with Crippen molar-refractivity contribution in [2.75, 3.05) is 18.4 Å². The van der Waals surface area contributed by atoms with Crippen molar-refractivity contribution in [3.05, 3.63) is 34.6 Å². The Hall–Kier alpha value is -1.45. The maximum absolute atomic E-state index is 12.8. The molecule has 136 valence electrons. The molecule has 1 unspecified atom stereocenters.